The van der Waals surface area contributed by atoms with Crippen LogP contribution >= 0.6 is 11.8 Å². The van der Waals surface area contributed by atoms with Gasteiger partial charge in [-0.15, -0.1) is 11.8 Å². The highest BCUT2D eigenvalue weighted by Gasteiger charge is 2.30. The van der Waals surface area contributed by atoms with Crippen molar-refractivity contribution in [2.24, 2.45) is 5.73 Å². The summed E-state index contributed by atoms with van der Waals surface area (Å²) in [6.45, 7) is 10.0. The van der Waals surface area contributed by atoms with Crippen molar-refractivity contribution in [2.75, 3.05) is 5.75 Å². The van der Waals surface area contributed by atoms with Gasteiger partial charge in [0.15, 0.2) is 0 Å². The molecule has 1 unspecified atom stereocenters. The molecule has 4 nitrogen and oxygen atoms in total. The molecule has 0 radical (unpaired) electrons. The zero-order valence-corrected chi connectivity index (χ0v) is 14.5. The van der Waals surface area contributed by atoms with Gasteiger partial charge in [-0.05, 0) is 70.9 Å². The van der Waals surface area contributed by atoms with Gasteiger partial charge in [-0.3, -0.25) is 4.79 Å². The van der Waals surface area contributed by atoms with Gasteiger partial charge < -0.3 is 11.1 Å². The van der Waals surface area contributed by atoms with Gasteiger partial charge >= 0.3 is 0 Å². The molecule has 0 spiro atoms. The third-order valence-corrected chi connectivity index (χ3v) is 4.29. The molecular weight excluding hydrogens is 282 g/mol. The molecule has 0 aliphatic carbocycles. The summed E-state index contributed by atoms with van der Waals surface area (Å²) in [7, 11) is 0. The van der Waals surface area contributed by atoms with Crippen LogP contribution in [0.1, 0.15) is 44.9 Å². The zero-order chi connectivity index (χ0) is 16.0. The quantitative estimate of drug-likeness (QED) is 0.572. The number of carbonyl (C=O) groups is 1. The lowest BCUT2D eigenvalue weighted by atomic mass is 9.94. The summed E-state index contributed by atoms with van der Waals surface area (Å²) in [6, 6.07) is 4.40. The van der Waals surface area contributed by atoms with Gasteiger partial charge in [0.05, 0.1) is 10.6 Å². The Balaban J connectivity index is 2.49. The molecule has 3 N–H and O–H groups in total. The number of pyridine rings is 1. The summed E-state index contributed by atoms with van der Waals surface area (Å²) in [6.07, 6.45) is 1.65. The second kappa shape index (κ2) is 7.80. The summed E-state index contributed by atoms with van der Waals surface area (Å²) < 4.78 is 0. The number of nitrogens with two attached hydrogens (primary N) is 1. The number of aromatic nitrogens is 1. The van der Waals surface area contributed by atoms with E-state index in [2.05, 4.69) is 29.4 Å². The van der Waals surface area contributed by atoms with Gasteiger partial charge in [-0.1, -0.05) is 0 Å². The average molecular weight is 309 g/mol. The molecule has 0 aliphatic rings. The highest BCUT2D eigenvalue weighted by Crippen LogP contribution is 2.21. The molecule has 1 heterocycles. The first-order valence-corrected chi connectivity index (χ1v) is 8.37. The molecule has 0 saturated heterocycles. The summed E-state index contributed by atoms with van der Waals surface area (Å²) in [4.78, 5) is 16.2. The van der Waals surface area contributed by atoms with Gasteiger partial charge in [-0.2, -0.15) is 0 Å². The Morgan fingerprint density at radius 3 is 2.62 bits per heavy atom. The monoisotopic (exact) mass is 309 g/mol. The predicted molar refractivity (Wildman–Crippen MR) is 89.5 cm³/mol. The maximum Gasteiger partial charge on any atom is 0.237 e. The van der Waals surface area contributed by atoms with E-state index in [9.17, 15) is 4.79 Å². The first kappa shape index (κ1) is 18.0. The Labute approximate surface area is 132 Å². The minimum Gasteiger partial charge on any atom is -0.368 e. The second-order valence-electron chi connectivity index (χ2n) is 6.07. The molecule has 5 heteroatoms. The fourth-order valence-corrected chi connectivity index (χ4v) is 3.36. The number of hydrogen-bond donors (Lipinski definition) is 2. The van der Waals surface area contributed by atoms with Gasteiger partial charge in [0.25, 0.3) is 0 Å². The SMILES string of the molecule is Cc1cc(C)nc(SCCCC(C)(NC(C)C)C(N)=O)c1. The van der Waals surface area contributed by atoms with Gasteiger partial charge in [0.1, 0.15) is 0 Å². The van der Waals surface area contributed by atoms with Crippen molar-refractivity contribution < 1.29 is 4.79 Å². The van der Waals surface area contributed by atoms with Crippen molar-refractivity contribution in [3.05, 3.63) is 23.4 Å². The molecule has 0 fully saturated rings. The lowest BCUT2D eigenvalue weighted by Crippen LogP contribution is -2.55. The number of aryl methyl sites for hydroxylation is 2. The van der Waals surface area contributed by atoms with Gasteiger partial charge in [-0.25, -0.2) is 4.98 Å². The van der Waals surface area contributed by atoms with Crippen LogP contribution < -0.4 is 11.1 Å². The van der Waals surface area contributed by atoms with Crippen LogP contribution in [0.3, 0.4) is 0 Å². The van der Waals surface area contributed by atoms with Gasteiger partial charge in [0.2, 0.25) is 5.91 Å². The number of hydrogen-bond acceptors (Lipinski definition) is 4. The smallest absolute Gasteiger partial charge is 0.237 e. The normalized spacial score (nSPS) is 14.2. The van der Waals surface area contributed by atoms with E-state index in [4.69, 9.17) is 5.73 Å². The first-order valence-electron chi connectivity index (χ1n) is 7.38. The number of rotatable bonds is 8. The molecule has 1 amide bonds. The molecule has 1 rings (SSSR count). The van der Waals surface area contributed by atoms with E-state index in [0.717, 1.165) is 29.3 Å². The van der Waals surface area contributed by atoms with E-state index in [0.29, 0.717) is 0 Å². The van der Waals surface area contributed by atoms with E-state index in [1.54, 1.807) is 11.8 Å². The maximum atomic E-state index is 11.7. The molecular formula is C16H27N3OS. The van der Waals surface area contributed by atoms with Crippen molar-refractivity contribution in [2.45, 2.75) is 64.1 Å². The highest BCUT2D eigenvalue weighted by molar-refractivity contribution is 7.99. The molecule has 0 aliphatic heterocycles. The third kappa shape index (κ3) is 6.06. The largest absolute Gasteiger partial charge is 0.368 e. The van der Waals surface area contributed by atoms with Crippen molar-refractivity contribution in [1.82, 2.24) is 10.3 Å². The van der Waals surface area contributed by atoms with Crippen molar-refractivity contribution >= 4 is 17.7 Å². The predicted octanol–water partition coefficient (Wildman–Crippen LogP) is 2.81. The van der Waals surface area contributed by atoms with Crippen LogP contribution in [0.4, 0.5) is 0 Å². The van der Waals surface area contributed by atoms with E-state index >= 15 is 0 Å². The molecule has 118 valence electrons. The van der Waals surface area contributed by atoms with Crippen LogP contribution in [0.25, 0.3) is 0 Å². The van der Waals surface area contributed by atoms with Crippen LogP contribution in [-0.2, 0) is 4.79 Å². The number of carbonyl (C=O) groups excluding carboxylic acids is 1. The van der Waals surface area contributed by atoms with E-state index < -0.39 is 5.54 Å². The zero-order valence-electron chi connectivity index (χ0n) is 13.7. The molecule has 0 bridgehead atoms. The Kier molecular flexibility index (Phi) is 6.68. The van der Waals surface area contributed by atoms with Crippen molar-refractivity contribution in [3.63, 3.8) is 0 Å². The summed E-state index contributed by atoms with van der Waals surface area (Å²) in [5.74, 6) is 0.643. The molecule has 1 atom stereocenters. The Bertz CT molecular complexity index is 470. The summed E-state index contributed by atoms with van der Waals surface area (Å²) >= 11 is 1.73. The van der Waals surface area contributed by atoms with E-state index in [1.807, 2.05) is 27.7 Å². The second-order valence-corrected chi connectivity index (χ2v) is 7.19. The lowest BCUT2D eigenvalue weighted by molar-refractivity contribution is -0.124. The topological polar surface area (TPSA) is 68.0 Å². The van der Waals surface area contributed by atoms with Crippen LogP contribution in [-0.4, -0.2) is 28.2 Å². The molecule has 1 aromatic rings. The number of nitrogens with one attached hydrogen (secondary N) is 1. The molecule has 0 saturated carbocycles. The Morgan fingerprint density at radius 2 is 2.10 bits per heavy atom. The van der Waals surface area contributed by atoms with Crippen molar-refractivity contribution in [1.29, 1.82) is 0 Å². The Morgan fingerprint density at radius 1 is 1.43 bits per heavy atom. The van der Waals surface area contributed by atoms with Crippen LogP contribution in [0.15, 0.2) is 17.2 Å². The lowest BCUT2D eigenvalue weighted by Gasteiger charge is -2.29. The molecule has 0 aromatic carbocycles. The fraction of sp³-hybridized carbons (Fsp3) is 0.625. The minimum atomic E-state index is -0.634. The minimum absolute atomic E-state index is 0.233. The first-order chi connectivity index (χ1) is 9.73. The molecule has 21 heavy (non-hydrogen) atoms. The van der Waals surface area contributed by atoms with E-state index in [1.165, 1.54) is 5.56 Å². The number of nitrogens with zero attached hydrogens (tertiary/aromatic N) is 1. The number of thioether (sulfide) groups is 1. The summed E-state index contributed by atoms with van der Waals surface area (Å²) in [5.41, 5.74) is 7.17. The fourth-order valence-electron chi connectivity index (χ4n) is 2.38. The molecule has 1 aromatic heterocycles. The third-order valence-electron chi connectivity index (χ3n) is 3.30. The van der Waals surface area contributed by atoms with E-state index in [-0.39, 0.29) is 11.9 Å². The van der Waals surface area contributed by atoms with Crippen LogP contribution in [0.2, 0.25) is 0 Å². The average Bonchev–Trinajstić information content (AvgIpc) is 2.32. The van der Waals surface area contributed by atoms with Crippen LogP contribution in [0, 0.1) is 13.8 Å². The standard InChI is InChI=1S/C16H27N3OS/c1-11(2)19-16(5,15(17)20)7-6-8-21-14-10-12(3)9-13(4)18-14/h9-11,19H,6-8H2,1-5H3,(H2,17,20). The van der Waals surface area contributed by atoms with Crippen LogP contribution in [0.5, 0.6) is 0 Å². The number of primary amides is 1. The summed E-state index contributed by atoms with van der Waals surface area (Å²) in [5, 5.41) is 4.32. The Hall–Kier alpha value is -1.07. The highest BCUT2D eigenvalue weighted by atomic mass is 32.2. The maximum absolute atomic E-state index is 11.7. The number of amides is 1. The van der Waals surface area contributed by atoms with Gasteiger partial charge in [0, 0.05) is 11.7 Å². The van der Waals surface area contributed by atoms with Crippen molar-refractivity contribution in [3.8, 4) is 0 Å².